The second kappa shape index (κ2) is 8.12. The first kappa shape index (κ1) is 19.4. The zero-order valence-corrected chi connectivity index (χ0v) is 16.6. The van der Waals surface area contributed by atoms with Crippen LogP contribution in [0.1, 0.15) is 22.4 Å². The zero-order chi connectivity index (χ0) is 20.3. The molecule has 0 saturated heterocycles. The molecule has 0 aliphatic rings. The number of nitriles is 1. The second-order valence-corrected chi connectivity index (χ2v) is 6.84. The Kier molecular flexibility index (Phi) is 5.62. The van der Waals surface area contributed by atoms with E-state index in [-0.39, 0.29) is 5.57 Å². The maximum atomic E-state index is 12.6. The van der Waals surface area contributed by atoms with Gasteiger partial charge in [-0.3, -0.25) is 4.79 Å². The van der Waals surface area contributed by atoms with E-state index < -0.39 is 5.91 Å². The maximum absolute atomic E-state index is 12.6. The van der Waals surface area contributed by atoms with Crippen LogP contribution in [0.3, 0.4) is 0 Å². The highest BCUT2D eigenvalue weighted by molar-refractivity contribution is 6.31. The standard InChI is InChI=1S/C22H19ClN4O/c1-14-9-10-20(15(2)11-14)25-22(28)17(13-24)12-19-16(3)26-27(21(19)23)18-7-5-4-6-8-18/h4-12H,1-3H3,(H,25,28)/b17-12+. The molecule has 0 saturated carbocycles. The topological polar surface area (TPSA) is 70.7 Å². The number of anilines is 1. The molecular formula is C22H19ClN4O. The molecule has 6 heteroatoms. The SMILES string of the molecule is Cc1ccc(NC(=O)/C(C#N)=C/c2c(C)nn(-c3ccccc3)c2Cl)c(C)c1. The molecule has 5 nitrogen and oxygen atoms in total. The minimum absolute atomic E-state index is 0.0439. The van der Waals surface area contributed by atoms with Gasteiger partial charge in [-0.05, 0) is 50.6 Å². The number of hydrogen-bond donors (Lipinski definition) is 1. The number of nitrogens with one attached hydrogen (secondary N) is 1. The number of para-hydroxylation sites is 1. The summed E-state index contributed by atoms with van der Waals surface area (Å²) in [5, 5.41) is 17.1. The van der Waals surface area contributed by atoms with E-state index in [9.17, 15) is 10.1 Å². The monoisotopic (exact) mass is 390 g/mol. The minimum Gasteiger partial charge on any atom is -0.321 e. The normalized spacial score (nSPS) is 11.2. The van der Waals surface area contributed by atoms with Crippen molar-refractivity contribution in [1.29, 1.82) is 5.26 Å². The van der Waals surface area contributed by atoms with Crippen LogP contribution in [0.5, 0.6) is 0 Å². The van der Waals surface area contributed by atoms with Crippen LogP contribution in [0, 0.1) is 32.1 Å². The number of aryl methyl sites for hydroxylation is 3. The van der Waals surface area contributed by atoms with Crippen molar-refractivity contribution >= 4 is 29.3 Å². The van der Waals surface area contributed by atoms with Crippen molar-refractivity contribution in [2.24, 2.45) is 0 Å². The van der Waals surface area contributed by atoms with Crippen LogP contribution in [0.4, 0.5) is 5.69 Å². The van der Waals surface area contributed by atoms with E-state index in [0.717, 1.165) is 16.8 Å². The Bertz CT molecular complexity index is 1110. The van der Waals surface area contributed by atoms with Crippen molar-refractivity contribution < 1.29 is 4.79 Å². The van der Waals surface area contributed by atoms with Gasteiger partial charge in [-0.1, -0.05) is 47.5 Å². The highest BCUT2D eigenvalue weighted by Gasteiger charge is 2.17. The van der Waals surface area contributed by atoms with Gasteiger partial charge in [0.25, 0.3) is 5.91 Å². The van der Waals surface area contributed by atoms with Gasteiger partial charge in [-0.15, -0.1) is 0 Å². The summed E-state index contributed by atoms with van der Waals surface area (Å²) in [7, 11) is 0. The number of hydrogen-bond acceptors (Lipinski definition) is 3. The summed E-state index contributed by atoms with van der Waals surface area (Å²) < 4.78 is 1.58. The third-order valence-corrected chi connectivity index (χ3v) is 4.70. The number of rotatable bonds is 4. The van der Waals surface area contributed by atoms with Gasteiger partial charge in [-0.25, -0.2) is 4.68 Å². The van der Waals surface area contributed by atoms with Gasteiger partial charge in [0.1, 0.15) is 16.8 Å². The Morgan fingerprint density at radius 2 is 1.89 bits per heavy atom. The minimum atomic E-state index is -0.489. The highest BCUT2D eigenvalue weighted by Crippen LogP contribution is 2.26. The van der Waals surface area contributed by atoms with Gasteiger partial charge < -0.3 is 5.32 Å². The Hall–Kier alpha value is -3.36. The number of aromatic nitrogens is 2. The summed E-state index contributed by atoms with van der Waals surface area (Å²) in [6, 6.07) is 17.1. The molecule has 3 rings (SSSR count). The van der Waals surface area contributed by atoms with Crippen LogP contribution in [0.2, 0.25) is 5.15 Å². The Balaban J connectivity index is 1.94. The van der Waals surface area contributed by atoms with Gasteiger partial charge >= 0.3 is 0 Å². The van der Waals surface area contributed by atoms with E-state index in [4.69, 9.17) is 11.6 Å². The summed E-state index contributed by atoms with van der Waals surface area (Å²) in [5.41, 5.74) is 4.61. The molecule has 140 valence electrons. The summed E-state index contributed by atoms with van der Waals surface area (Å²) >= 11 is 6.49. The molecule has 28 heavy (non-hydrogen) atoms. The fraction of sp³-hybridized carbons (Fsp3) is 0.136. The highest BCUT2D eigenvalue weighted by atomic mass is 35.5. The van der Waals surface area contributed by atoms with E-state index >= 15 is 0 Å². The molecule has 0 aliphatic carbocycles. The van der Waals surface area contributed by atoms with E-state index in [1.54, 1.807) is 11.6 Å². The molecule has 0 radical (unpaired) electrons. The van der Waals surface area contributed by atoms with Crippen LogP contribution in [0.25, 0.3) is 11.8 Å². The molecule has 0 atom stereocenters. The molecule has 1 amide bonds. The number of carbonyl (C=O) groups excluding carboxylic acids is 1. The first-order valence-electron chi connectivity index (χ1n) is 8.71. The van der Waals surface area contributed by atoms with Gasteiger partial charge in [0.05, 0.1) is 11.4 Å². The first-order chi connectivity index (χ1) is 13.4. The molecule has 0 bridgehead atoms. The predicted molar refractivity (Wildman–Crippen MR) is 111 cm³/mol. The molecule has 0 unspecified atom stereocenters. The summed E-state index contributed by atoms with van der Waals surface area (Å²) in [6.07, 6.45) is 1.48. The Labute approximate surface area is 168 Å². The molecule has 1 N–H and O–H groups in total. The fourth-order valence-corrected chi connectivity index (χ4v) is 3.18. The second-order valence-electron chi connectivity index (χ2n) is 6.48. The largest absolute Gasteiger partial charge is 0.321 e. The number of amides is 1. The zero-order valence-electron chi connectivity index (χ0n) is 15.8. The van der Waals surface area contributed by atoms with E-state index in [2.05, 4.69) is 10.4 Å². The van der Waals surface area contributed by atoms with Crippen LogP contribution in [-0.2, 0) is 4.79 Å². The van der Waals surface area contributed by atoms with Crippen LogP contribution < -0.4 is 5.32 Å². The lowest BCUT2D eigenvalue weighted by Crippen LogP contribution is -2.14. The van der Waals surface area contributed by atoms with E-state index in [1.807, 2.05) is 68.4 Å². The average molecular weight is 391 g/mol. The van der Waals surface area contributed by atoms with E-state index in [1.165, 1.54) is 6.08 Å². The molecule has 1 heterocycles. The van der Waals surface area contributed by atoms with Crippen molar-refractivity contribution in [1.82, 2.24) is 9.78 Å². The summed E-state index contributed by atoms with van der Waals surface area (Å²) in [5.74, 6) is -0.489. The number of nitrogens with zero attached hydrogens (tertiary/aromatic N) is 3. The van der Waals surface area contributed by atoms with Crippen LogP contribution >= 0.6 is 11.6 Å². The van der Waals surface area contributed by atoms with Gasteiger partial charge in [0.15, 0.2) is 0 Å². The van der Waals surface area contributed by atoms with Crippen molar-refractivity contribution in [2.75, 3.05) is 5.32 Å². The molecule has 2 aromatic carbocycles. The smallest absolute Gasteiger partial charge is 0.266 e. The van der Waals surface area contributed by atoms with Crippen molar-refractivity contribution in [2.45, 2.75) is 20.8 Å². The third-order valence-electron chi connectivity index (χ3n) is 4.33. The average Bonchev–Trinajstić information content (AvgIpc) is 2.96. The summed E-state index contributed by atoms with van der Waals surface area (Å²) in [6.45, 7) is 5.67. The molecule has 1 aromatic heterocycles. The maximum Gasteiger partial charge on any atom is 0.266 e. The molecule has 0 aliphatic heterocycles. The Morgan fingerprint density at radius 3 is 2.54 bits per heavy atom. The summed E-state index contributed by atoms with van der Waals surface area (Å²) in [4.78, 5) is 12.6. The number of carbonyl (C=O) groups is 1. The lowest BCUT2D eigenvalue weighted by molar-refractivity contribution is -0.112. The number of benzene rings is 2. The van der Waals surface area contributed by atoms with Gasteiger partial charge in [-0.2, -0.15) is 10.4 Å². The van der Waals surface area contributed by atoms with Crippen LogP contribution in [-0.4, -0.2) is 15.7 Å². The van der Waals surface area contributed by atoms with E-state index in [0.29, 0.717) is 22.1 Å². The number of halogens is 1. The van der Waals surface area contributed by atoms with Gasteiger partial charge in [0.2, 0.25) is 0 Å². The molecule has 0 spiro atoms. The Morgan fingerprint density at radius 1 is 1.18 bits per heavy atom. The molecule has 0 fully saturated rings. The van der Waals surface area contributed by atoms with Crippen molar-refractivity contribution in [3.8, 4) is 11.8 Å². The lowest BCUT2D eigenvalue weighted by atomic mass is 10.1. The predicted octanol–water partition coefficient (Wildman–Crippen LogP) is 5.00. The lowest BCUT2D eigenvalue weighted by Gasteiger charge is -2.08. The van der Waals surface area contributed by atoms with Gasteiger partial charge in [0, 0.05) is 11.3 Å². The van der Waals surface area contributed by atoms with Crippen molar-refractivity contribution in [3.05, 3.63) is 81.6 Å². The fourth-order valence-electron chi connectivity index (χ4n) is 2.85. The van der Waals surface area contributed by atoms with Crippen molar-refractivity contribution in [3.63, 3.8) is 0 Å². The molecular weight excluding hydrogens is 372 g/mol. The quantitative estimate of drug-likeness (QED) is 0.503. The molecule has 3 aromatic rings. The third kappa shape index (κ3) is 3.98. The first-order valence-corrected chi connectivity index (χ1v) is 9.09. The van der Waals surface area contributed by atoms with Crippen LogP contribution in [0.15, 0.2) is 54.1 Å².